The molecule has 1 unspecified atom stereocenters. The van der Waals surface area contributed by atoms with Gasteiger partial charge in [-0.1, -0.05) is 11.6 Å². The molecule has 1 atom stereocenters. The van der Waals surface area contributed by atoms with E-state index in [0.29, 0.717) is 9.90 Å². The number of aliphatic hydroxyl groups excluding tert-OH is 1. The Bertz CT molecular complexity index is 629. The Morgan fingerprint density at radius 2 is 2.26 bits per heavy atom. The van der Waals surface area contributed by atoms with Gasteiger partial charge in [0, 0.05) is 6.54 Å². The van der Waals surface area contributed by atoms with Crippen LogP contribution >= 0.6 is 34.3 Å². The Labute approximate surface area is 124 Å². The molecule has 0 aliphatic rings. The Morgan fingerprint density at radius 3 is 2.79 bits per heavy atom. The highest BCUT2D eigenvalue weighted by atomic mass is 35.5. The zero-order chi connectivity index (χ0) is 14.0. The zero-order valence-electron chi connectivity index (χ0n) is 9.96. The molecule has 104 valence electrons. The molecule has 0 aliphatic carbocycles. The van der Waals surface area contributed by atoms with Crippen LogP contribution < -0.4 is 4.72 Å². The topological polar surface area (TPSA) is 66.4 Å². The summed E-state index contributed by atoms with van der Waals surface area (Å²) < 4.78 is 27.0. The van der Waals surface area contributed by atoms with Gasteiger partial charge in [0.05, 0.1) is 10.4 Å². The number of hydrogen-bond acceptors (Lipinski definition) is 5. The Morgan fingerprint density at radius 1 is 1.53 bits per heavy atom. The lowest BCUT2D eigenvalue weighted by Gasteiger charge is -2.10. The van der Waals surface area contributed by atoms with Crippen molar-refractivity contribution in [1.82, 2.24) is 4.72 Å². The molecule has 0 fully saturated rings. The summed E-state index contributed by atoms with van der Waals surface area (Å²) >= 11 is 8.31. The van der Waals surface area contributed by atoms with E-state index in [0.717, 1.165) is 16.9 Å². The van der Waals surface area contributed by atoms with Gasteiger partial charge in [0.1, 0.15) is 4.21 Å². The van der Waals surface area contributed by atoms with E-state index in [9.17, 15) is 13.5 Å². The van der Waals surface area contributed by atoms with Crippen LogP contribution in [0.15, 0.2) is 27.1 Å². The molecule has 19 heavy (non-hydrogen) atoms. The molecule has 0 bridgehead atoms. The number of halogens is 1. The van der Waals surface area contributed by atoms with Crippen molar-refractivity contribution < 1.29 is 13.5 Å². The number of rotatable bonds is 5. The maximum absolute atomic E-state index is 12.0. The first-order valence-corrected chi connectivity index (χ1v) is 8.98. The van der Waals surface area contributed by atoms with Crippen LogP contribution in [-0.2, 0) is 10.0 Å². The first kappa shape index (κ1) is 15.0. The maximum atomic E-state index is 12.0. The number of aliphatic hydroxyl groups is 1. The van der Waals surface area contributed by atoms with Crippen molar-refractivity contribution >= 4 is 44.3 Å². The fraction of sp³-hybridized carbons (Fsp3) is 0.273. The number of nitrogens with one attached hydrogen (secondary N) is 1. The van der Waals surface area contributed by atoms with Gasteiger partial charge in [-0.2, -0.15) is 11.3 Å². The third kappa shape index (κ3) is 3.56. The van der Waals surface area contributed by atoms with Crippen molar-refractivity contribution in [2.75, 3.05) is 6.54 Å². The highest BCUT2D eigenvalue weighted by Gasteiger charge is 2.20. The van der Waals surface area contributed by atoms with Gasteiger partial charge < -0.3 is 5.11 Å². The van der Waals surface area contributed by atoms with Crippen LogP contribution in [0.5, 0.6) is 0 Å². The summed E-state index contributed by atoms with van der Waals surface area (Å²) in [7, 11) is -3.62. The summed E-state index contributed by atoms with van der Waals surface area (Å²) in [6, 6.07) is 3.28. The van der Waals surface area contributed by atoms with Gasteiger partial charge in [-0.3, -0.25) is 0 Å². The van der Waals surface area contributed by atoms with E-state index in [1.807, 2.05) is 5.38 Å². The predicted molar refractivity (Wildman–Crippen MR) is 78.5 cm³/mol. The van der Waals surface area contributed by atoms with E-state index in [2.05, 4.69) is 4.72 Å². The lowest BCUT2D eigenvalue weighted by atomic mass is 10.2. The zero-order valence-corrected chi connectivity index (χ0v) is 13.2. The molecule has 2 aromatic heterocycles. The van der Waals surface area contributed by atoms with E-state index in [4.69, 9.17) is 11.6 Å². The van der Waals surface area contributed by atoms with Gasteiger partial charge in [0.15, 0.2) is 0 Å². The molecule has 2 N–H and O–H groups in total. The van der Waals surface area contributed by atoms with Crippen molar-refractivity contribution in [2.45, 2.75) is 17.2 Å². The Hall–Kier alpha value is -0.440. The van der Waals surface area contributed by atoms with E-state index >= 15 is 0 Å². The molecule has 0 saturated carbocycles. The van der Waals surface area contributed by atoms with Crippen molar-refractivity contribution in [3.05, 3.63) is 38.4 Å². The summed E-state index contributed by atoms with van der Waals surface area (Å²) in [5.74, 6) is 0. The smallest absolute Gasteiger partial charge is 0.250 e. The van der Waals surface area contributed by atoms with Gasteiger partial charge in [-0.25, -0.2) is 13.1 Å². The summed E-state index contributed by atoms with van der Waals surface area (Å²) in [5.41, 5.74) is 1.43. The van der Waals surface area contributed by atoms with E-state index in [-0.39, 0.29) is 10.8 Å². The summed E-state index contributed by atoms with van der Waals surface area (Å²) in [6.07, 6.45) is -0.849. The quantitative estimate of drug-likeness (QED) is 0.881. The fourth-order valence-corrected chi connectivity index (χ4v) is 4.90. The first-order chi connectivity index (χ1) is 8.90. The molecule has 0 amide bonds. The Kier molecular flexibility index (Phi) is 4.65. The minimum atomic E-state index is -3.62. The molecule has 0 spiro atoms. The molecule has 0 radical (unpaired) electrons. The van der Waals surface area contributed by atoms with Crippen molar-refractivity contribution in [2.24, 2.45) is 0 Å². The highest BCUT2D eigenvalue weighted by molar-refractivity contribution is 7.91. The van der Waals surface area contributed by atoms with Crippen LogP contribution in [0, 0.1) is 6.92 Å². The van der Waals surface area contributed by atoms with Crippen molar-refractivity contribution in [3.63, 3.8) is 0 Å². The lowest BCUT2D eigenvalue weighted by Crippen LogP contribution is -2.27. The SMILES string of the molecule is Cc1cc(S(=O)(=O)NCC(O)c2ccsc2)sc1Cl. The molecule has 0 saturated heterocycles. The lowest BCUT2D eigenvalue weighted by molar-refractivity contribution is 0.182. The normalized spacial score (nSPS) is 13.6. The van der Waals surface area contributed by atoms with Crippen molar-refractivity contribution in [3.8, 4) is 0 Å². The molecule has 0 aliphatic heterocycles. The van der Waals surface area contributed by atoms with Gasteiger partial charge in [0.2, 0.25) is 10.0 Å². The van der Waals surface area contributed by atoms with Crippen LogP contribution in [0.4, 0.5) is 0 Å². The third-order valence-electron chi connectivity index (χ3n) is 2.49. The van der Waals surface area contributed by atoms with E-state index < -0.39 is 16.1 Å². The standard InChI is InChI=1S/C11H12ClNO3S3/c1-7-4-10(18-11(7)12)19(15,16)13-5-9(14)8-2-3-17-6-8/h2-4,6,9,13-14H,5H2,1H3. The summed E-state index contributed by atoms with van der Waals surface area (Å²) in [5, 5.41) is 13.4. The third-order valence-corrected chi connectivity index (χ3v) is 6.65. The van der Waals surface area contributed by atoms with Crippen LogP contribution in [0.25, 0.3) is 0 Å². The van der Waals surface area contributed by atoms with Crippen molar-refractivity contribution in [1.29, 1.82) is 0 Å². The summed E-state index contributed by atoms with van der Waals surface area (Å²) in [4.78, 5) is 0. The highest BCUT2D eigenvalue weighted by Crippen LogP contribution is 2.30. The molecule has 2 rings (SSSR count). The molecular formula is C11H12ClNO3S3. The van der Waals surface area contributed by atoms with Gasteiger partial charge in [-0.05, 0) is 40.9 Å². The van der Waals surface area contributed by atoms with Crippen LogP contribution in [0.3, 0.4) is 0 Å². The molecular weight excluding hydrogens is 326 g/mol. The van der Waals surface area contributed by atoms with Crippen LogP contribution in [-0.4, -0.2) is 20.1 Å². The summed E-state index contributed by atoms with van der Waals surface area (Å²) in [6.45, 7) is 1.69. The monoisotopic (exact) mass is 337 g/mol. The molecule has 8 heteroatoms. The first-order valence-electron chi connectivity index (χ1n) is 5.36. The second kappa shape index (κ2) is 5.90. The second-order valence-corrected chi connectivity index (χ2v) is 8.37. The minimum absolute atomic E-state index is 0.0619. The van der Waals surface area contributed by atoms with Gasteiger partial charge in [0.25, 0.3) is 0 Å². The van der Waals surface area contributed by atoms with Crippen LogP contribution in [0.2, 0.25) is 4.34 Å². The average molecular weight is 338 g/mol. The number of sulfonamides is 1. The van der Waals surface area contributed by atoms with Gasteiger partial charge in [-0.15, -0.1) is 11.3 Å². The largest absolute Gasteiger partial charge is 0.387 e. The molecule has 2 heterocycles. The number of aryl methyl sites for hydroxylation is 1. The van der Waals surface area contributed by atoms with Crippen LogP contribution in [0.1, 0.15) is 17.2 Å². The van der Waals surface area contributed by atoms with E-state index in [1.54, 1.807) is 18.4 Å². The minimum Gasteiger partial charge on any atom is -0.387 e. The van der Waals surface area contributed by atoms with E-state index in [1.165, 1.54) is 17.4 Å². The second-order valence-electron chi connectivity index (χ2n) is 3.95. The molecule has 2 aromatic rings. The Balaban J connectivity index is 2.06. The predicted octanol–water partition coefficient (Wildman–Crippen LogP) is 2.78. The number of hydrogen-bond donors (Lipinski definition) is 2. The average Bonchev–Trinajstić information content (AvgIpc) is 2.98. The maximum Gasteiger partial charge on any atom is 0.250 e. The number of thiophene rings is 2. The fourth-order valence-electron chi connectivity index (χ4n) is 1.41. The molecule has 0 aromatic carbocycles. The molecule has 4 nitrogen and oxygen atoms in total. The van der Waals surface area contributed by atoms with Gasteiger partial charge >= 0.3 is 0 Å².